The van der Waals surface area contributed by atoms with Crippen molar-refractivity contribution >= 4 is 17.2 Å². The summed E-state index contributed by atoms with van der Waals surface area (Å²) in [4.78, 5) is 15.1. The molecule has 0 saturated carbocycles. The Kier molecular flexibility index (Phi) is 6.11. The Morgan fingerprint density at radius 1 is 1.36 bits per heavy atom. The molecule has 0 radical (unpaired) electrons. The van der Waals surface area contributed by atoms with Gasteiger partial charge in [-0.25, -0.2) is 4.68 Å². The lowest BCUT2D eigenvalue weighted by Gasteiger charge is -2.31. The topological polar surface area (TPSA) is 86.0 Å². The summed E-state index contributed by atoms with van der Waals surface area (Å²) in [6.07, 6.45) is -0.416. The number of fused-ring (bicyclic) bond motifs is 3. The molecule has 0 bridgehead atoms. The molecule has 8 nitrogen and oxygen atoms in total. The van der Waals surface area contributed by atoms with Crippen molar-refractivity contribution in [1.82, 2.24) is 14.7 Å². The lowest BCUT2D eigenvalue weighted by Crippen LogP contribution is -2.43. The van der Waals surface area contributed by atoms with Gasteiger partial charge >= 0.3 is 0 Å². The standard InChI is InChI=1S/C24H29N3O5S/c1-14(11-28)32-20-9-16-18(10-19(20)30-6)31-12-17-21(23(29)26(5)24(2,3)4)25-27(22(16)17)15-7-8-33-13-15/h7-10,13-14,28H,11-12H2,1-6H3. The second kappa shape index (κ2) is 8.72. The molecule has 0 fully saturated rings. The van der Waals surface area contributed by atoms with E-state index >= 15 is 0 Å². The fraction of sp³-hybridized carbons (Fsp3) is 0.417. The molecular formula is C24H29N3O5S. The summed E-state index contributed by atoms with van der Waals surface area (Å²) < 4.78 is 19.2. The molecule has 1 aliphatic heterocycles. The number of nitrogens with zero attached hydrogens (tertiary/aromatic N) is 3. The zero-order valence-corrected chi connectivity index (χ0v) is 20.5. The molecule has 2 aromatic heterocycles. The molecule has 176 valence electrons. The second-order valence-electron chi connectivity index (χ2n) is 9.00. The Labute approximate surface area is 197 Å². The molecule has 1 atom stereocenters. The van der Waals surface area contributed by atoms with Gasteiger partial charge in [0, 0.05) is 35.2 Å². The molecule has 9 heteroatoms. The van der Waals surface area contributed by atoms with Crippen molar-refractivity contribution < 1.29 is 24.1 Å². The molecule has 1 aromatic carbocycles. The summed E-state index contributed by atoms with van der Waals surface area (Å²) in [7, 11) is 3.34. The largest absolute Gasteiger partial charge is 0.493 e. The van der Waals surface area contributed by atoms with Crippen molar-refractivity contribution in [1.29, 1.82) is 0 Å². The Morgan fingerprint density at radius 3 is 2.73 bits per heavy atom. The van der Waals surface area contributed by atoms with Crippen molar-refractivity contribution in [2.75, 3.05) is 20.8 Å². The predicted octanol–water partition coefficient (Wildman–Crippen LogP) is 4.13. The van der Waals surface area contributed by atoms with Crippen LogP contribution in [-0.4, -0.2) is 58.1 Å². The van der Waals surface area contributed by atoms with E-state index < -0.39 is 6.10 Å². The van der Waals surface area contributed by atoms with Crippen molar-refractivity contribution in [3.8, 4) is 34.2 Å². The number of aliphatic hydroxyl groups excluding tert-OH is 1. The number of rotatable bonds is 6. The number of carbonyl (C=O) groups is 1. The molecule has 33 heavy (non-hydrogen) atoms. The first kappa shape index (κ1) is 23.1. The van der Waals surface area contributed by atoms with E-state index in [0.717, 1.165) is 22.5 Å². The first-order valence-electron chi connectivity index (χ1n) is 10.7. The van der Waals surface area contributed by atoms with E-state index in [9.17, 15) is 9.90 Å². The summed E-state index contributed by atoms with van der Waals surface area (Å²) in [6.45, 7) is 7.80. The summed E-state index contributed by atoms with van der Waals surface area (Å²) in [6, 6.07) is 5.56. The highest BCUT2D eigenvalue weighted by molar-refractivity contribution is 7.08. The summed E-state index contributed by atoms with van der Waals surface area (Å²) >= 11 is 1.56. The van der Waals surface area contributed by atoms with E-state index in [1.165, 1.54) is 0 Å². The lowest BCUT2D eigenvalue weighted by atomic mass is 10.00. The predicted molar refractivity (Wildman–Crippen MR) is 127 cm³/mol. The number of thiophene rings is 1. The van der Waals surface area contributed by atoms with Crippen molar-refractivity contribution in [3.63, 3.8) is 0 Å². The van der Waals surface area contributed by atoms with Gasteiger partial charge in [-0.1, -0.05) is 0 Å². The van der Waals surface area contributed by atoms with Gasteiger partial charge in [-0.05, 0) is 45.2 Å². The zero-order valence-electron chi connectivity index (χ0n) is 19.7. The highest BCUT2D eigenvalue weighted by atomic mass is 32.1. The fourth-order valence-electron chi connectivity index (χ4n) is 3.57. The normalized spacial score (nSPS) is 13.5. The van der Waals surface area contributed by atoms with E-state index in [1.807, 2.05) is 43.7 Å². The summed E-state index contributed by atoms with van der Waals surface area (Å²) in [5, 5.41) is 18.2. The van der Waals surface area contributed by atoms with Crippen molar-refractivity contribution in [3.05, 3.63) is 40.2 Å². The maximum absolute atomic E-state index is 13.4. The molecule has 3 heterocycles. The third kappa shape index (κ3) is 4.18. The van der Waals surface area contributed by atoms with Crippen LogP contribution in [0.1, 0.15) is 43.7 Å². The number of hydrogen-bond donors (Lipinski definition) is 1. The number of amides is 1. The van der Waals surface area contributed by atoms with E-state index in [1.54, 1.807) is 48.1 Å². The molecule has 0 saturated heterocycles. The van der Waals surface area contributed by atoms with E-state index in [-0.39, 0.29) is 24.7 Å². The van der Waals surface area contributed by atoms with Gasteiger partial charge in [-0.3, -0.25) is 4.79 Å². The number of aromatic nitrogens is 2. The zero-order chi connectivity index (χ0) is 23.9. The highest BCUT2D eigenvalue weighted by Crippen LogP contribution is 2.46. The van der Waals surface area contributed by atoms with E-state index in [0.29, 0.717) is 22.9 Å². The molecule has 1 N–H and O–H groups in total. The average molecular weight is 472 g/mol. The van der Waals surface area contributed by atoms with Crippen LogP contribution < -0.4 is 14.2 Å². The minimum Gasteiger partial charge on any atom is -0.493 e. The summed E-state index contributed by atoms with van der Waals surface area (Å²) in [5.74, 6) is 1.43. The average Bonchev–Trinajstić information content (AvgIpc) is 3.44. The van der Waals surface area contributed by atoms with Crippen LogP contribution in [0.15, 0.2) is 29.0 Å². The smallest absolute Gasteiger partial charge is 0.274 e. The van der Waals surface area contributed by atoms with Crippen LogP contribution in [-0.2, 0) is 6.61 Å². The first-order valence-corrected chi connectivity index (χ1v) is 11.6. The van der Waals surface area contributed by atoms with Gasteiger partial charge in [-0.2, -0.15) is 16.4 Å². The quantitative estimate of drug-likeness (QED) is 0.582. The number of benzene rings is 1. The van der Waals surface area contributed by atoms with Crippen LogP contribution in [0.4, 0.5) is 0 Å². The Morgan fingerprint density at radius 2 is 2.12 bits per heavy atom. The molecular weight excluding hydrogens is 442 g/mol. The van der Waals surface area contributed by atoms with Gasteiger partial charge < -0.3 is 24.2 Å². The molecule has 1 amide bonds. The van der Waals surface area contributed by atoms with Gasteiger partial charge in [0.2, 0.25) is 0 Å². The monoisotopic (exact) mass is 471 g/mol. The van der Waals surface area contributed by atoms with E-state index in [4.69, 9.17) is 19.3 Å². The third-order valence-electron chi connectivity index (χ3n) is 5.73. The lowest BCUT2D eigenvalue weighted by molar-refractivity contribution is 0.0646. The number of hydrogen-bond acceptors (Lipinski definition) is 7. The Hall–Kier alpha value is -3.04. The first-order chi connectivity index (χ1) is 15.7. The van der Waals surface area contributed by atoms with Crippen LogP contribution in [0.25, 0.3) is 16.9 Å². The van der Waals surface area contributed by atoms with Gasteiger partial charge in [0.05, 0.1) is 25.1 Å². The van der Waals surface area contributed by atoms with Gasteiger partial charge in [0.25, 0.3) is 5.91 Å². The van der Waals surface area contributed by atoms with Crippen LogP contribution in [0.2, 0.25) is 0 Å². The van der Waals surface area contributed by atoms with Crippen LogP contribution >= 0.6 is 11.3 Å². The minimum atomic E-state index is -0.416. The number of ether oxygens (including phenoxy) is 3. The van der Waals surface area contributed by atoms with Crippen molar-refractivity contribution in [2.24, 2.45) is 0 Å². The Bertz CT molecular complexity index is 1160. The van der Waals surface area contributed by atoms with Crippen LogP contribution in [0.3, 0.4) is 0 Å². The van der Waals surface area contributed by atoms with Gasteiger partial charge in [0.1, 0.15) is 18.5 Å². The van der Waals surface area contributed by atoms with Gasteiger partial charge in [0.15, 0.2) is 17.2 Å². The van der Waals surface area contributed by atoms with Crippen LogP contribution in [0, 0.1) is 0 Å². The number of aliphatic hydroxyl groups is 1. The molecule has 1 unspecified atom stereocenters. The van der Waals surface area contributed by atoms with E-state index in [2.05, 4.69) is 0 Å². The number of methoxy groups -OCH3 is 1. The fourth-order valence-corrected chi connectivity index (χ4v) is 4.18. The van der Waals surface area contributed by atoms with Crippen LogP contribution in [0.5, 0.6) is 17.2 Å². The maximum atomic E-state index is 13.4. The maximum Gasteiger partial charge on any atom is 0.274 e. The third-order valence-corrected chi connectivity index (χ3v) is 6.40. The molecule has 3 aromatic rings. The highest BCUT2D eigenvalue weighted by Gasteiger charge is 2.34. The van der Waals surface area contributed by atoms with Crippen molar-refractivity contribution in [2.45, 2.75) is 45.9 Å². The SMILES string of the molecule is COc1cc2c(cc1OC(C)CO)-c1c(c(C(=O)N(C)C(C)(C)C)nn1-c1ccsc1)CO2. The van der Waals surface area contributed by atoms with Gasteiger partial charge in [-0.15, -0.1) is 0 Å². The minimum absolute atomic E-state index is 0.132. The Balaban J connectivity index is 1.92. The second-order valence-corrected chi connectivity index (χ2v) is 9.78. The summed E-state index contributed by atoms with van der Waals surface area (Å²) in [5.41, 5.74) is 3.11. The molecule has 0 aliphatic carbocycles. The number of carbonyl (C=O) groups excluding carboxylic acids is 1. The molecule has 0 spiro atoms. The molecule has 1 aliphatic rings. The molecule has 4 rings (SSSR count).